The van der Waals surface area contributed by atoms with Gasteiger partial charge in [-0.1, -0.05) is 12.8 Å². The maximum absolute atomic E-state index is 12.0. The SMILES string of the molecule is O=C(c1ccc(NS(=O)(=O)NC2CCCC2)cc1)C1CC1. The molecule has 0 unspecified atom stereocenters. The van der Waals surface area contributed by atoms with Gasteiger partial charge in [0.15, 0.2) is 5.78 Å². The molecule has 2 fully saturated rings. The number of benzene rings is 1. The zero-order chi connectivity index (χ0) is 14.9. The summed E-state index contributed by atoms with van der Waals surface area (Å²) in [6, 6.07) is 6.70. The quantitative estimate of drug-likeness (QED) is 0.793. The van der Waals surface area contributed by atoms with E-state index in [2.05, 4.69) is 9.44 Å². The molecule has 0 spiro atoms. The monoisotopic (exact) mass is 308 g/mol. The van der Waals surface area contributed by atoms with E-state index in [1.54, 1.807) is 24.3 Å². The number of anilines is 1. The Morgan fingerprint density at radius 2 is 1.62 bits per heavy atom. The van der Waals surface area contributed by atoms with Gasteiger partial charge in [-0.3, -0.25) is 9.52 Å². The number of carbonyl (C=O) groups excluding carboxylic acids is 1. The molecule has 1 aromatic carbocycles. The first-order valence-corrected chi connectivity index (χ1v) is 8.96. The van der Waals surface area contributed by atoms with Crippen LogP contribution in [0.4, 0.5) is 5.69 Å². The van der Waals surface area contributed by atoms with Crippen LogP contribution in [0.15, 0.2) is 24.3 Å². The van der Waals surface area contributed by atoms with Crippen LogP contribution in [0.25, 0.3) is 0 Å². The fraction of sp³-hybridized carbons (Fsp3) is 0.533. The summed E-state index contributed by atoms with van der Waals surface area (Å²) in [6.45, 7) is 0. The second kappa shape index (κ2) is 5.77. The van der Waals surface area contributed by atoms with Crippen LogP contribution in [0.3, 0.4) is 0 Å². The average Bonchev–Trinajstić information content (AvgIpc) is 3.17. The van der Waals surface area contributed by atoms with Crippen molar-refractivity contribution in [3.05, 3.63) is 29.8 Å². The minimum atomic E-state index is -3.54. The van der Waals surface area contributed by atoms with Crippen LogP contribution >= 0.6 is 0 Å². The first kappa shape index (κ1) is 14.5. The molecule has 0 bridgehead atoms. The van der Waals surface area contributed by atoms with Crippen LogP contribution in [0.1, 0.15) is 48.9 Å². The Labute approximate surface area is 125 Å². The number of rotatable bonds is 6. The smallest absolute Gasteiger partial charge is 0.294 e. The van der Waals surface area contributed by atoms with Crippen LogP contribution in [0.5, 0.6) is 0 Å². The van der Waals surface area contributed by atoms with Gasteiger partial charge in [0.1, 0.15) is 0 Å². The third-order valence-corrected chi connectivity index (χ3v) is 5.19. The summed E-state index contributed by atoms with van der Waals surface area (Å²) in [5, 5.41) is 0. The van der Waals surface area contributed by atoms with Gasteiger partial charge in [0.2, 0.25) is 0 Å². The zero-order valence-corrected chi connectivity index (χ0v) is 12.7. The van der Waals surface area contributed by atoms with Crippen LogP contribution in [0, 0.1) is 5.92 Å². The summed E-state index contributed by atoms with van der Waals surface area (Å²) in [4.78, 5) is 11.9. The lowest BCUT2D eigenvalue weighted by molar-refractivity contribution is 0.0967. The molecule has 21 heavy (non-hydrogen) atoms. The molecule has 5 nitrogen and oxygen atoms in total. The van der Waals surface area contributed by atoms with Crippen LogP contribution in [0.2, 0.25) is 0 Å². The number of hydrogen-bond donors (Lipinski definition) is 2. The van der Waals surface area contributed by atoms with Gasteiger partial charge in [0.25, 0.3) is 10.2 Å². The second-order valence-electron chi connectivity index (χ2n) is 5.92. The topological polar surface area (TPSA) is 75.3 Å². The molecule has 2 N–H and O–H groups in total. The second-order valence-corrected chi connectivity index (χ2v) is 7.37. The molecule has 6 heteroatoms. The lowest BCUT2D eigenvalue weighted by Crippen LogP contribution is -2.37. The Morgan fingerprint density at radius 3 is 2.19 bits per heavy atom. The molecule has 2 saturated carbocycles. The normalized spacial score (nSPS) is 19.6. The minimum Gasteiger partial charge on any atom is -0.294 e. The van der Waals surface area contributed by atoms with Crippen LogP contribution in [-0.4, -0.2) is 20.2 Å². The van der Waals surface area contributed by atoms with E-state index in [9.17, 15) is 13.2 Å². The van der Waals surface area contributed by atoms with E-state index in [4.69, 9.17) is 0 Å². The third-order valence-electron chi connectivity index (χ3n) is 4.05. The van der Waals surface area contributed by atoms with Crippen molar-refractivity contribution in [1.29, 1.82) is 0 Å². The van der Waals surface area contributed by atoms with Crippen molar-refractivity contribution in [2.24, 2.45) is 5.92 Å². The molecule has 2 aliphatic rings. The molecule has 3 rings (SSSR count). The molecular weight excluding hydrogens is 288 g/mol. The summed E-state index contributed by atoms with van der Waals surface area (Å²) in [5.74, 6) is 0.338. The Hall–Kier alpha value is -1.40. The molecule has 2 aliphatic carbocycles. The highest BCUT2D eigenvalue weighted by Gasteiger charge is 2.30. The Morgan fingerprint density at radius 1 is 1.00 bits per heavy atom. The predicted molar refractivity (Wildman–Crippen MR) is 81.4 cm³/mol. The molecule has 0 amide bonds. The van der Waals surface area contributed by atoms with Crippen molar-refractivity contribution in [3.8, 4) is 0 Å². The molecule has 0 saturated heterocycles. The van der Waals surface area contributed by atoms with Crippen molar-refractivity contribution >= 4 is 21.7 Å². The largest absolute Gasteiger partial charge is 0.299 e. The van der Waals surface area contributed by atoms with Crippen molar-refractivity contribution in [1.82, 2.24) is 4.72 Å². The van der Waals surface area contributed by atoms with Gasteiger partial charge in [0.05, 0.1) is 0 Å². The van der Waals surface area contributed by atoms with Gasteiger partial charge >= 0.3 is 0 Å². The van der Waals surface area contributed by atoms with E-state index in [0.29, 0.717) is 11.3 Å². The van der Waals surface area contributed by atoms with E-state index in [0.717, 1.165) is 38.5 Å². The molecule has 0 aromatic heterocycles. The summed E-state index contributed by atoms with van der Waals surface area (Å²) >= 11 is 0. The van der Waals surface area contributed by atoms with Gasteiger partial charge < -0.3 is 0 Å². The van der Waals surface area contributed by atoms with Gasteiger partial charge in [0, 0.05) is 23.2 Å². The van der Waals surface area contributed by atoms with Crippen molar-refractivity contribution in [2.45, 2.75) is 44.6 Å². The van der Waals surface area contributed by atoms with Crippen molar-refractivity contribution in [2.75, 3.05) is 4.72 Å². The summed E-state index contributed by atoms with van der Waals surface area (Å²) < 4.78 is 29.2. The van der Waals surface area contributed by atoms with E-state index in [1.165, 1.54) is 0 Å². The highest BCUT2D eigenvalue weighted by atomic mass is 32.2. The van der Waals surface area contributed by atoms with E-state index < -0.39 is 10.2 Å². The molecular formula is C15H20N2O3S. The van der Waals surface area contributed by atoms with Gasteiger partial charge in [-0.05, 0) is 49.9 Å². The zero-order valence-electron chi connectivity index (χ0n) is 11.8. The molecule has 114 valence electrons. The fourth-order valence-corrected chi connectivity index (χ4v) is 3.91. The van der Waals surface area contributed by atoms with Crippen LogP contribution in [-0.2, 0) is 10.2 Å². The molecule has 0 heterocycles. The minimum absolute atomic E-state index is 0.0400. The Bertz CT molecular complexity index is 615. The number of hydrogen-bond acceptors (Lipinski definition) is 3. The average molecular weight is 308 g/mol. The molecule has 1 aromatic rings. The fourth-order valence-electron chi connectivity index (χ4n) is 2.73. The molecule has 0 atom stereocenters. The predicted octanol–water partition coefficient (Wildman–Crippen LogP) is 2.47. The summed E-state index contributed by atoms with van der Waals surface area (Å²) in [7, 11) is -3.54. The van der Waals surface area contributed by atoms with Crippen molar-refractivity contribution in [3.63, 3.8) is 0 Å². The maximum Gasteiger partial charge on any atom is 0.299 e. The van der Waals surface area contributed by atoms with Gasteiger partial charge in [-0.2, -0.15) is 13.1 Å². The summed E-state index contributed by atoms with van der Waals surface area (Å²) in [6.07, 6.45) is 5.89. The highest BCUT2D eigenvalue weighted by Crippen LogP contribution is 2.32. The lowest BCUT2D eigenvalue weighted by atomic mass is 10.1. The molecule has 0 radical (unpaired) electrons. The standard InChI is InChI=1S/C15H20N2O3S/c18-15(11-5-6-11)12-7-9-14(10-8-12)17-21(19,20)16-13-3-1-2-4-13/h7-11,13,16-17H,1-6H2. The molecule has 0 aliphatic heterocycles. The highest BCUT2D eigenvalue weighted by molar-refractivity contribution is 7.90. The number of Topliss-reactive ketones (excluding diaryl/α,β-unsaturated/α-hetero) is 1. The number of carbonyl (C=O) groups is 1. The van der Waals surface area contributed by atoms with E-state index in [1.807, 2.05) is 0 Å². The Balaban J connectivity index is 1.62. The van der Waals surface area contributed by atoms with Gasteiger partial charge in [-0.15, -0.1) is 0 Å². The third kappa shape index (κ3) is 3.83. The first-order valence-electron chi connectivity index (χ1n) is 7.48. The lowest BCUT2D eigenvalue weighted by Gasteiger charge is -2.14. The van der Waals surface area contributed by atoms with Crippen LogP contribution < -0.4 is 9.44 Å². The number of nitrogens with one attached hydrogen (secondary N) is 2. The van der Waals surface area contributed by atoms with Gasteiger partial charge in [-0.25, -0.2) is 0 Å². The summed E-state index contributed by atoms with van der Waals surface area (Å²) in [5.41, 5.74) is 1.14. The number of ketones is 1. The Kier molecular flexibility index (Phi) is 3.99. The van der Waals surface area contributed by atoms with E-state index >= 15 is 0 Å². The first-order chi connectivity index (χ1) is 10.0. The van der Waals surface area contributed by atoms with Crippen molar-refractivity contribution < 1.29 is 13.2 Å². The maximum atomic E-state index is 12.0. The van der Waals surface area contributed by atoms with E-state index in [-0.39, 0.29) is 17.7 Å².